The first-order chi connectivity index (χ1) is 9.61. The van der Waals surface area contributed by atoms with E-state index in [2.05, 4.69) is 29.4 Å². The summed E-state index contributed by atoms with van der Waals surface area (Å²) in [5.74, 6) is 0.671. The van der Waals surface area contributed by atoms with Crippen LogP contribution < -0.4 is 5.32 Å². The van der Waals surface area contributed by atoms with Crippen molar-refractivity contribution in [3.63, 3.8) is 0 Å². The summed E-state index contributed by atoms with van der Waals surface area (Å²) in [4.78, 5) is 14.4. The first-order valence-corrected chi connectivity index (χ1v) is 8.93. The summed E-state index contributed by atoms with van der Waals surface area (Å²) in [7, 11) is 0. The van der Waals surface area contributed by atoms with Gasteiger partial charge < -0.3 is 10.2 Å². The number of hydrogen-bond donors (Lipinski definition) is 1. The lowest BCUT2D eigenvalue weighted by atomic mass is 9.98. The minimum atomic E-state index is 0.218. The fourth-order valence-corrected chi connectivity index (χ4v) is 4.29. The number of nitrogens with one attached hydrogen (secondary N) is 1. The van der Waals surface area contributed by atoms with Crippen molar-refractivity contribution in [2.75, 3.05) is 17.6 Å². The highest BCUT2D eigenvalue weighted by Crippen LogP contribution is 2.28. The van der Waals surface area contributed by atoms with Crippen LogP contribution in [-0.2, 0) is 4.79 Å². The van der Waals surface area contributed by atoms with Gasteiger partial charge in [-0.05, 0) is 40.0 Å². The van der Waals surface area contributed by atoms with Crippen LogP contribution in [0.25, 0.3) is 0 Å². The van der Waals surface area contributed by atoms with Crippen LogP contribution in [0.1, 0.15) is 40.0 Å². The second-order valence-corrected chi connectivity index (χ2v) is 7.32. The number of carbonyl (C=O) groups is 1. The molecule has 0 bridgehead atoms. The van der Waals surface area contributed by atoms with Crippen molar-refractivity contribution in [1.29, 1.82) is 0 Å². The van der Waals surface area contributed by atoms with Gasteiger partial charge in [0, 0.05) is 18.6 Å². The maximum absolute atomic E-state index is 12.4. The van der Waals surface area contributed by atoms with Gasteiger partial charge in [-0.3, -0.25) is 4.79 Å². The number of likely N-dealkylation sites (tertiary alicyclic amines) is 1. The lowest BCUT2D eigenvalue weighted by molar-refractivity contribution is -0.134. The van der Waals surface area contributed by atoms with Crippen molar-refractivity contribution in [3.05, 3.63) is 0 Å². The zero-order chi connectivity index (χ0) is 14.5. The Labute approximate surface area is 128 Å². The highest BCUT2D eigenvalue weighted by molar-refractivity contribution is 8.01. The molecule has 2 heterocycles. The number of nitrogens with zero attached hydrogens (tertiary/aromatic N) is 3. The van der Waals surface area contributed by atoms with Crippen LogP contribution in [0.5, 0.6) is 0 Å². The molecule has 1 aromatic heterocycles. The standard InChI is InChI=1S/C13H22N4OS2/c1-4-14-12-15-16-13(20-12)19-8-11(18)17-9(2)6-5-7-10(17)3/h9-10H,4-8H2,1-3H3,(H,14,15). The number of piperidine rings is 1. The number of aromatic nitrogens is 2. The largest absolute Gasteiger partial charge is 0.360 e. The SMILES string of the molecule is CCNc1nnc(SCC(=O)N2C(C)CCCC2C)s1. The molecule has 2 atom stereocenters. The normalized spacial score (nSPS) is 22.9. The highest BCUT2D eigenvalue weighted by atomic mass is 32.2. The van der Waals surface area contributed by atoms with Crippen LogP contribution in [-0.4, -0.2) is 45.4 Å². The molecule has 1 aliphatic rings. The van der Waals surface area contributed by atoms with Crippen molar-refractivity contribution in [3.8, 4) is 0 Å². The molecule has 1 aromatic rings. The predicted octanol–water partition coefficient (Wildman–Crippen LogP) is 2.85. The minimum Gasteiger partial charge on any atom is -0.360 e. The van der Waals surface area contributed by atoms with Crippen LogP contribution in [0.4, 0.5) is 5.13 Å². The molecule has 2 rings (SSSR count). The molecule has 1 saturated heterocycles. The number of carbonyl (C=O) groups excluding carboxylic acids is 1. The van der Waals surface area contributed by atoms with E-state index in [9.17, 15) is 4.79 Å². The first-order valence-electron chi connectivity index (χ1n) is 7.13. The van der Waals surface area contributed by atoms with Gasteiger partial charge in [-0.2, -0.15) is 0 Å². The lowest BCUT2D eigenvalue weighted by Crippen LogP contribution is -2.48. The van der Waals surface area contributed by atoms with Gasteiger partial charge in [0.1, 0.15) is 0 Å². The second kappa shape index (κ2) is 7.26. The van der Waals surface area contributed by atoms with E-state index < -0.39 is 0 Å². The monoisotopic (exact) mass is 314 g/mol. The number of amides is 1. The van der Waals surface area contributed by atoms with E-state index in [4.69, 9.17) is 0 Å². The van der Waals surface area contributed by atoms with Crippen molar-refractivity contribution in [2.24, 2.45) is 0 Å². The molecule has 112 valence electrons. The van der Waals surface area contributed by atoms with E-state index in [0.717, 1.165) is 28.9 Å². The number of anilines is 1. The van der Waals surface area contributed by atoms with Crippen LogP contribution >= 0.6 is 23.1 Å². The van der Waals surface area contributed by atoms with E-state index in [1.54, 1.807) is 0 Å². The average molecular weight is 314 g/mol. The zero-order valence-electron chi connectivity index (χ0n) is 12.3. The average Bonchev–Trinajstić information content (AvgIpc) is 2.84. The summed E-state index contributed by atoms with van der Waals surface area (Å²) in [6.07, 6.45) is 3.45. The molecule has 0 radical (unpaired) electrons. The Bertz CT molecular complexity index is 441. The van der Waals surface area contributed by atoms with Gasteiger partial charge in [0.05, 0.1) is 5.75 Å². The van der Waals surface area contributed by atoms with E-state index >= 15 is 0 Å². The topological polar surface area (TPSA) is 58.1 Å². The van der Waals surface area contributed by atoms with Crippen molar-refractivity contribution in [2.45, 2.75) is 56.5 Å². The molecule has 2 unspecified atom stereocenters. The molecule has 0 aliphatic carbocycles. The van der Waals surface area contributed by atoms with Crippen LogP contribution in [0, 0.1) is 0 Å². The quantitative estimate of drug-likeness (QED) is 0.847. The van der Waals surface area contributed by atoms with Gasteiger partial charge >= 0.3 is 0 Å². The van der Waals surface area contributed by atoms with Gasteiger partial charge in [0.2, 0.25) is 11.0 Å². The Morgan fingerprint density at radius 3 is 2.75 bits per heavy atom. The Morgan fingerprint density at radius 2 is 2.10 bits per heavy atom. The van der Waals surface area contributed by atoms with Crippen LogP contribution in [0.3, 0.4) is 0 Å². The molecule has 7 heteroatoms. The number of thioether (sulfide) groups is 1. The highest BCUT2D eigenvalue weighted by Gasteiger charge is 2.28. The smallest absolute Gasteiger partial charge is 0.233 e. The van der Waals surface area contributed by atoms with Gasteiger partial charge in [-0.25, -0.2) is 0 Å². The fraction of sp³-hybridized carbons (Fsp3) is 0.769. The molecule has 20 heavy (non-hydrogen) atoms. The van der Waals surface area contributed by atoms with E-state index in [1.165, 1.54) is 29.5 Å². The molecule has 1 aliphatic heterocycles. The third-order valence-electron chi connectivity index (χ3n) is 3.54. The van der Waals surface area contributed by atoms with Gasteiger partial charge in [0.25, 0.3) is 0 Å². The molecular formula is C13H22N4OS2. The number of hydrogen-bond acceptors (Lipinski definition) is 6. The molecule has 5 nitrogen and oxygen atoms in total. The van der Waals surface area contributed by atoms with Crippen LogP contribution in [0.15, 0.2) is 4.34 Å². The molecular weight excluding hydrogens is 292 g/mol. The summed E-state index contributed by atoms with van der Waals surface area (Å²) in [6, 6.07) is 0.720. The third kappa shape index (κ3) is 3.85. The maximum Gasteiger partial charge on any atom is 0.233 e. The van der Waals surface area contributed by atoms with Crippen molar-refractivity contribution in [1.82, 2.24) is 15.1 Å². The summed E-state index contributed by atoms with van der Waals surface area (Å²) in [5.41, 5.74) is 0. The van der Waals surface area contributed by atoms with E-state index in [1.807, 2.05) is 11.8 Å². The molecule has 1 fully saturated rings. The summed E-state index contributed by atoms with van der Waals surface area (Å²) >= 11 is 2.99. The predicted molar refractivity (Wildman–Crippen MR) is 84.4 cm³/mol. The molecule has 1 amide bonds. The van der Waals surface area contributed by atoms with Crippen LogP contribution in [0.2, 0.25) is 0 Å². The Hall–Kier alpha value is -0.820. The van der Waals surface area contributed by atoms with Gasteiger partial charge in [0.15, 0.2) is 4.34 Å². The second-order valence-electron chi connectivity index (χ2n) is 5.12. The molecule has 0 saturated carbocycles. The van der Waals surface area contributed by atoms with Crippen molar-refractivity contribution >= 4 is 34.1 Å². The Kier molecular flexibility index (Phi) is 5.65. The summed E-state index contributed by atoms with van der Waals surface area (Å²) < 4.78 is 0.853. The Morgan fingerprint density at radius 1 is 1.40 bits per heavy atom. The van der Waals surface area contributed by atoms with E-state index in [0.29, 0.717) is 17.8 Å². The summed E-state index contributed by atoms with van der Waals surface area (Å²) in [6.45, 7) is 7.15. The molecule has 0 spiro atoms. The first kappa shape index (κ1) is 15.6. The molecule has 1 N–H and O–H groups in total. The number of rotatable bonds is 5. The van der Waals surface area contributed by atoms with Gasteiger partial charge in [-0.1, -0.05) is 23.1 Å². The third-order valence-corrected chi connectivity index (χ3v) is 5.53. The maximum atomic E-state index is 12.4. The summed E-state index contributed by atoms with van der Waals surface area (Å²) in [5, 5.41) is 12.1. The van der Waals surface area contributed by atoms with Crippen molar-refractivity contribution < 1.29 is 4.79 Å². The van der Waals surface area contributed by atoms with Gasteiger partial charge in [-0.15, -0.1) is 10.2 Å². The Balaban J connectivity index is 1.87. The lowest BCUT2D eigenvalue weighted by Gasteiger charge is -2.39. The fourth-order valence-electron chi connectivity index (χ4n) is 2.60. The molecule has 0 aromatic carbocycles. The zero-order valence-corrected chi connectivity index (χ0v) is 13.9. The minimum absolute atomic E-state index is 0.218. The van der Waals surface area contributed by atoms with E-state index in [-0.39, 0.29) is 5.91 Å².